The maximum atomic E-state index is 13.1. The van der Waals surface area contributed by atoms with E-state index in [0.717, 1.165) is 0 Å². The average Bonchev–Trinajstić information content (AvgIpc) is 2.46. The van der Waals surface area contributed by atoms with Gasteiger partial charge in [0.1, 0.15) is 11.9 Å². The number of nitrogens with one attached hydrogen (secondary N) is 1. The van der Waals surface area contributed by atoms with Gasteiger partial charge in [-0.25, -0.2) is 4.39 Å². The topological polar surface area (TPSA) is 69.6 Å². The molecule has 1 aromatic rings. The number of amides is 1. The van der Waals surface area contributed by atoms with Crippen LogP contribution in [0.1, 0.15) is 19.8 Å². The minimum Gasteiger partial charge on any atom is -0.480 e. The molecule has 0 radical (unpaired) electrons. The normalized spacial score (nSPS) is 18.2. The van der Waals surface area contributed by atoms with Gasteiger partial charge in [0.05, 0.1) is 0 Å². The number of nitrogens with zero attached hydrogens (tertiary/aromatic N) is 1. The Bertz CT molecular complexity index is 527. The maximum Gasteiger partial charge on any atom is 0.320 e. The predicted octanol–water partition coefficient (Wildman–Crippen LogP) is 1.95. The number of likely N-dealkylation sites (tertiary alicyclic amines) is 1. The number of carbonyl (C=O) groups excluding carboxylic acids is 1. The Morgan fingerprint density at radius 3 is 2.62 bits per heavy atom. The van der Waals surface area contributed by atoms with Crippen molar-refractivity contribution in [1.29, 1.82) is 0 Å². The number of hydrogen-bond donors (Lipinski definition) is 2. The minimum absolute atomic E-state index is 0.136. The molecular weight excluding hydrogens is 275 g/mol. The van der Waals surface area contributed by atoms with Crippen LogP contribution in [0.4, 0.5) is 10.1 Å². The van der Waals surface area contributed by atoms with Gasteiger partial charge in [0, 0.05) is 11.6 Å². The molecular formula is C15H19FN2O3. The van der Waals surface area contributed by atoms with E-state index in [4.69, 9.17) is 5.11 Å². The molecule has 1 saturated heterocycles. The van der Waals surface area contributed by atoms with E-state index < -0.39 is 17.8 Å². The third-order valence-corrected chi connectivity index (χ3v) is 3.90. The minimum atomic E-state index is -0.849. The van der Waals surface area contributed by atoms with Gasteiger partial charge >= 0.3 is 5.97 Å². The summed E-state index contributed by atoms with van der Waals surface area (Å²) in [5.41, 5.74) is 0.446. The van der Waals surface area contributed by atoms with Gasteiger partial charge in [0.2, 0.25) is 5.91 Å². The second-order valence-electron chi connectivity index (χ2n) is 5.32. The van der Waals surface area contributed by atoms with Crippen molar-refractivity contribution >= 4 is 17.6 Å². The van der Waals surface area contributed by atoms with Gasteiger partial charge in [-0.2, -0.15) is 0 Å². The summed E-state index contributed by atoms with van der Waals surface area (Å²) >= 11 is 0. The molecule has 0 spiro atoms. The zero-order valence-corrected chi connectivity index (χ0v) is 11.9. The summed E-state index contributed by atoms with van der Waals surface area (Å²) in [5.74, 6) is -1.54. The lowest BCUT2D eigenvalue weighted by Crippen LogP contribution is -2.45. The highest BCUT2D eigenvalue weighted by Crippen LogP contribution is 2.21. The van der Waals surface area contributed by atoms with E-state index in [9.17, 15) is 14.0 Å². The molecule has 0 bridgehead atoms. The molecule has 0 aromatic heterocycles. The quantitative estimate of drug-likeness (QED) is 0.890. The highest BCUT2D eigenvalue weighted by molar-refractivity contribution is 5.92. The lowest BCUT2D eigenvalue weighted by Gasteiger charge is -2.33. The summed E-state index contributed by atoms with van der Waals surface area (Å²) in [6.45, 7) is 2.80. The average molecular weight is 294 g/mol. The van der Waals surface area contributed by atoms with Crippen LogP contribution < -0.4 is 5.32 Å². The van der Waals surface area contributed by atoms with Crippen LogP contribution in [-0.2, 0) is 9.59 Å². The van der Waals surface area contributed by atoms with Crippen molar-refractivity contribution in [2.75, 3.05) is 18.4 Å². The van der Waals surface area contributed by atoms with Gasteiger partial charge in [-0.1, -0.05) is 6.07 Å². The number of carboxylic acid groups (broad SMARTS) is 1. The molecule has 21 heavy (non-hydrogen) atoms. The van der Waals surface area contributed by atoms with Gasteiger partial charge in [0.15, 0.2) is 0 Å². The van der Waals surface area contributed by atoms with Crippen molar-refractivity contribution < 1.29 is 19.1 Å². The molecule has 1 heterocycles. The van der Waals surface area contributed by atoms with E-state index in [1.54, 1.807) is 19.1 Å². The van der Waals surface area contributed by atoms with Gasteiger partial charge in [-0.15, -0.1) is 0 Å². The van der Waals surface area contributed by atoms with Crippen LogP contribution in [0.3, 0.4) is 0 Å². The Morgan fingerprint density at radius 1 is 1.38 bits per heavy atom. The summed E-state index contributed by atoms with van der Waals surface area (Å²) < 4.78 is 13.1. The first-order valence-corrected chi connectivity index (χ1v) is 7.00. The highest BCUT2D eigenvalue weighted by atomic mass is 19.1. The first-order valence-electron chi connectivity index (χ1n) is 7.00. The molecule has 1 amide bonds. The van der Waals surface area contributed by atoms with Gasteiger partial charge in [-0.05, 0) is 51.1 Å². The first kappa shape index (κ1) is 15.4. The fourth-order valence-corrected chi connectivity index (χ4v) is 2.52. The van der Waals surface area contributed by atoms with Crippen LogP contribution in [0.25, 0.3) is 0 Å². The van der Waals surface area contributed by atoms with E-state index in [1.165, 1.54) is 12.1 Å². The van der Waals surface area contributed by atoms with E-state index >= 15 is 0 Å². The summed E-state index contributed by atoms with van der Waals surface area (Å²) in [7, 11) is 0. The van der Waals surface area contributed by atoms with E-state index in [2.05, 4.69) is 5.32 Å². The number of halogens is 1. The number of anilines is 1. The number of piperidine rings is 1. The molecule has 0 saturated carbocycles. The first-order chi connectivity index (χ1) is 9.97. The lowest BCUT2D eigenvalue weighted by molar-refractivity contribution is -0.143. The second kappa shape index (κ2) is 6.67. The predicted molar refractivity (Wildman–Crippen MR) is 76.4 cm³/mol. The van der Waals surface area contributed by atoms with E-state index in [0.29, 0.717) is 31.6 Å². The largest absolute Gasteiger partial charge is 0.480 e. The molecule has 2 rings (SSSR count). The molecule has 1 fully saturated rings. The number of carboxylic acids is 1. The number of hydrogen-bond acceptors (Lipinski definition) is 3. The number of carbonyl (C=O) groups is 2. The molecule has 1 aromatic carbocycles. The van der Waals surface area contributed by atoms with Crippen LogP contribution in [0.5, 0.6) is 0 Å². The zero-order chi connectivity index (χ0) is 15.4. The van der Waals surface area contributed by atoms with Crippen LogP contribution in [0.15, 0.2) is 24.3 Å². The Morgan fingerprint density at radius 2 is 2.05 bits per heavy atom. The lowest BCUT2D eigenvalue weighted by atomic mass is 9.95. The van der Waals surface area contributed by atoms with Crippen LogP contribution in [0, 0.1) is 11.7 Å². The van der Waals surface area contributed by atoms with Gasteiger partial charge < -0.3 is 10.4 Å². The second-order valence-corrected chi connectivity index (χ2v) is 5.32. The molecule has 1 aliphatic heterocycles. The van der Waals surface area contributed by atoms with Crippen LogP contribution in [0.2, 0.25) is 0 Å². The summed E-state index contributed by atoms with van der Waals surface area (Å²) in [4.78, 5) is 24.9. The number of benzene rings is 1. The Balaban J connectivity index is 1.87. The third kappa shape index (κ3) is 4.01. The van der Waals surface area contributed by atoms with Gasteiger partial charge in [-0.3, -0.25) is 14.5 Å². The van der Waals surface area contributed by atoms with Crippen molar-refractivity contribution in [2.24, 2.45) is 5.92 Å². The Labute approximate surface area is 122 Å². The van der Waals surface area contributed by atoms with Gasteiger partial charge in [0.25, 0.3) is 0 Å². The SMILES string of the molecule is CC(C(=O)O)N1CCC(C(=O)Nc2cccc(F)c2)CC1. The monoisotopic (exact) mass is 294 g/mol. The third-order valence-electron chi connectivity index (χ3n) is 3.90. The number of aliphatic carboxylic acids is 1. The zero-order valence-electron chi connectivity index (χ0n) is 11.9. The summed E-state index contributed by atoms with van der Waals surface area (Å²) in [6, 6.07) is 5.25. The molecule has 1 unspecified atom stereocenters. The Hall–Kier alpha value is -1.95. The fraction of sp³-hybridized carbons (Fsp3) is 0.467. The van der Waals surface area contributed by atoms with Crippen molar-refractivity contribution in [2.45, 2.75) is 25.8 Å². The van der Waals surface area contributed by atoms with Crippen LogP contribution >= 0.6 is 0 Å². The van der Waals surface area contributed by atoms with Crippen molar-refractivity contribution in [3.8, 4) is 0 Å². The van der Waals surface area contributed by atoms with Crippen molar-refractivity contribution in [1.82, 2.24) is 4.90 Å². The molecule has 0 aliphatic carbocycles. The van der Waals surface area contributed by atoms with Crippen LogP contribution in [-0.4, -0.2) is 41.0 Å². The fourth-order valence-electron chi connectivity index (χ4n) is 2.52. The Kier molecular flexibility index (Phi) is 4.90. The maximum absolute atomic E-state index is 13.1. The summed E-state index contributed by atoms with van der Waals surface area (Å²) in [5, 5.41) is 11.7. The highest BCUT2D eigenvalue weighted by Gasteiger charge is 2.29. The standard InChI is InChI=1S/C15H19FN2O3/c1-10(15(20)21)18-7-5-11(6-8-18)14(19)17-13-4-2-3-12(16)9-13/h2-4,9-11H,5-8H2,1H3,(H,17,19)(H,20,21). The molecule has 6 heteroatoms. The number of rotatable bonds is 4. The van der Waals surface area contributed by atoms with Crippen molar-refractivity contribution in [3.05, 3.63) is 30.1 Å². The smallest absolute Gasteiger partial charge is 0.320 e. The molecule has 1 atom stereocenters. The van der Waals surface area contributed by atoms with E-state index in [-0.39, 0.29) is 11.8 Å². The summed E-state index contributed by atoms with van der Waals surface area (Å²) in [6.07, 6.45) is 1.22. The van der Waals surface area contributed by atoms with E-state index in [1.807, 2.05) is 4.90 Å². The molecule has 5 nitrogen and oxygen atoms in total. The molecule has 2 N–H and O–H groups in total. The molecule has 1 aliphatic rings. The van der Waals surface area contributed by atoms with Crippen molar-refractivity contribution in [3.63, 3.8) is 0 Å². The molecule has 114 valence electrons.